The minimum absolute atomic E-state index is 0. The number of hydrogen-bond donors (Lipinski definition) is 0. The van der Waals surface area contributed by atoms with Crippen molar-refractivity contribution in [2.75, 3.05) is 0 Å². The van der Waals surface area contributed by atoms with Gasteiger partial charge >= 0.3 is 26.2 Å². The Kier molecular flexibility index (Phi) is 6.56. The molecule has 2 aliphatic carbocycles. The number of halogens is 1. The van der Waals surface area contributed by atoms with E-state index in [1.807, 2.05) is 0 Å². The van der Waals surface area contributed by atoms with Crippen molar-refractivity contribution in [3.63, 3.8) is 0 Å². The fraction of sp³-hybridized carbons (Fsp3) is 0.308. The minimum atomic E-state index is 0. The summed E-state index contributed by atoms with van der Waals surface area (Å²) >= 11 is 0. The van der Waals surface area contributed by atoms with Gasteiger partial charge in [-0.25, -0.2) is 0 Å². The molecule has 0 saturated carbocycles. The van der Waals surface area contributed by atoms with E-state index in [1.54, 1.807) is 0 Å². The van der Waals surface area contributed by atoms with E-state index in [4.69, 9.17) is 0 Å². The van der Waals surface area contributed by atoms with E-state index in [0.29, 0.717) is 0 Å². The first-order chi connectivity index (χ1) is 6.27. The molecule has 0 aromatic rings. The Morgan fingerprint density at radius 1 is 0.933 bits per heavy atom. The molecule has 2 rings (SSSR count). The SMILES string of the molecule is CC1=C([CH-]C2=C(C)C=CC2)CC=C1.[Cl-].[Zr+2]. The van der Waals surface area contributed by atoms with Crippen LogP contribution in [0.2, 0.25) is 0 Å². The molecule has 0 radical (unpaired) electrons. The molecule has 0 amide bonds. The molecule has 78 valence electrons. The Morgan fingerprint density at radius 2 is 1.33 bits per heavy atom. The smallest absolute Gasteiger partial charge is 1.00 e. The summed E-state index contributed by atoms with van der Waals surface area (Å²) in [7, 11) is 0. The standard InChI is InChI=1S/C13H15.ClH.Zr/c1-10-5-3-7-12(10)9-13-8-4-6-11(13)2;;/h3-6,9H,7-8H2,1-2H3;1H;/q-1;;+2/p-1. The van der Waals surface area contributed by atoms with Gasteiger partial charge in [0, 0.05) is 0 Å². The van der Waals surface area contributed by atoms with Gasteiger partial charge in [-0.3, -0.25) is 0 Å². The quantitative estimate of drug-likeness (QED) is 0.660. The average Bonchev–Trinajstić information content (AvgIpc) is 2.65. The van der Waals surface area contributed by atoms with Crippen molar-refractivity contribution >= 4 is 0 Å². The van der Waals surface area contributed by atoms with Crippen LogP contribution in [0.3, 0.4) is 0 Å². The van der Waals surface area contributed by atoms with Crippen LogP contribution in [0.15, 0.2) is 46.6 Å². The van der Waals surface area contributed by atoms with Crippen LogP contribution in [0.4, 0.5) is 0 Å². The molecule has 0 aromatic carbocycles. The van der Waals surface area contributed by atoms with E-state index in [2.05, 4.69) is 44.6 Å². The van der Waals surface area contributed by atoms with Gasteiger partial charge in [-0.15, -0.1) is 34.4 Å². The average molecular weight is 298 g/mol. The van der Waals surface area contributed by atoms with E-state index < -0.39 is 0 Å². The zero-order valence-corrected chi connectivity index (χ0v) is 12.4. The predicted molar refractivity (Wildman–Crippen MR) is 57.2 cm³/mol. The third-order valence-corrected chi connectivity index (χ3v) is 2.77. The van der Waals surface area contributed by atoms with Gasteiger partial charge in [0.05, 0.1) is 0 Å². The molecule has 2 aliphatic rings. The van der Waals surface area contributed by atoms with Crippen molar-refractivity contribution in [3.05, 3.63) is 53.0 Å². The molecule has 0 spiro atoms. The van der Waals surface area contributed by atoms with Crippen molar-refractivity contribution < 1.29 is 38.6 Å². The molecule has 0 unspecified atom stereocenters. The Bertz CT molecular complexity index is 312. The van der Waals surface area contributed by atoms with Crippen LogP contribution in [0, 0.1) is 6.42 Å². The Hall–Kier alpha value is 0.00312. The molecule has 0 aliphatic heterocycles. The predicted octanol–water partition coefficient (Wildman–Crippen LogP) is 0.745. The van der Waals surface area contributed by atoms with Gasteiger partial charge in [-0.05, 0) is 12.8 Å². The molecule has 2 heteroatoms. The minimum Gasteiger partial charge on any atom is -1.00 e. The molecule has 0 atom stereocenters. The number of hydrogen-bond acceptors (Lipinski definition) is 0. The molecule has 0 fully saturated rings. The van der Waals surface area contributed by atoms with Crippen LogP contribution in [0.5, 0.6) is 0 Å². The summed E-state index contributed by atoms with van der Waals surface area (Å²) in [4.78, 5) is 0. The summed E-state index contributed by atoms with van der Waals surface area (Å²) in [6.07, 6.45) is 13.5. The van der Waals surface area contributed by atoms with Crippen molar-refractivity contribution in [2.24, 2.45) is 0 Å². The molecule has 0 heterocycles. The van der Waals surface area contributed by atoms with Gasteiger partial charge < -0.3 is 12.4 Å². The summed E-state index contributed by atoms with van der Waals surface area (Å²) in [5, 5.41) is 0. The summed E-state index contributed by atoms with van der Waals surface area (Å²) in [5.41, 5.74) is 5.82. The van der Waals surface area contributed by atoms with Crippen LogP contribution in [0.25, 0.3) is 0 Å². The molecular weight excluding hydrogens is 283 g/mol. The second-order valence-electron chi connectivity index (χ2n) is 3.77. The maximum Gasteiger partial charge on any atom is 2.00 e. The number of rotatable bonds is 2. The zero-order valence-electron chi connectivity index (χ0n) is 9.18. The van der Waals surface area contributed by atoms with E-state index in [-0.39, 0.29) is 38.6 Å². The molecule has 0 bridgehead atoms. The monoisotopic (exact) mass is 296 g/mol. The van der Waals surface area contributed by atoms with Gasteiger partial charge in [0.2, 0.25) is 0 Å². The molecular formula is C13H15ClZr. The third kappa shape index (κ3) is 3.50. The van der Waals surface area contributed by atoms with Crippen LogP contribution in [-0.4, -0.2) is 0 Å². The first-order valence-corrected chi connectivity index (χ1v) is 4.84. The Morgan fingerprint density at radius 3 is 1.60 bits per heavy atom. The van der Waals surface area contributed by atoms with Crippen LogP contribution in [0.1, 0.15) is 26.7 Å². The molecule has 0 saturated heterocycles. The van der Waals surface area contributed by atoms with Gasteiger partial charge in [0.1, 0.15) is 0 Å². The van der Waals surface area contributed by atoms with Crippen molar-refractivity contribution in [1.29, 1.82) is 0 Å². The summed E-state index contributed by atoms with van der Waals surface area (Å²) in [6, 6.07) is 0. The van der Waals surface area contributed by atoms with Crippen LogP contribution < -0.4 is 12.4 Å². The fourth-order valence-electron chi connectivity index (χ4n) is 1.82. The Balaban J connectivity index is 0.000000980. The molecule has 0 aromatic heterocycles. The van der Waals surface area contributed by atoms with Gasteiger partial charge in [-0.2, -0.15) is 6.42 Å². The van der Waals surface area contributed by atoms with Crippen molar-refractivity contribution in [2.45, 2.75) is 26.7 Å². The third-order valence-electron chi connectivity index (χ3n) is 2.77. The molecule has 15 heavy (non-hydrogen) atoms. The summed E-state index contributed by atoms with van der Waals surface area (Å²) in [6.45, 7) is 4.38. The topological polar surface area (TPSA) is 0 Å². The van der Waals surface area contributed by atoms with E-state index in [1.165, 1.54) is 22.3 Å². The van der Waals surface area contributed by atoms with Crippen molar-refractivity contribution in [3.8, 4) is 0 Å². The van der Waals surface area contributed by atoms with E-state index >= 15 is 0 Å². The summed E-state index contributed by atoms with van der Waals surface area (Å²) < 4.78 is 0. The maximum atomic E-state index is 2.35. The Labute approximate surface area is 118 Å². The van der Waals surface area contributed by atoms with Crippen LogP contribution in [-0.2, 0) is 26.2 Å². The van der Waals surface area contributed by atoms with Crippen LogP contribution >= 0.6 is 0 Å². The summed E-state index contributed by atoms with van der Waals surface area (Å²) in [5.74, 6) is 0. The zero-order chi connectivity index (χ0) is 9.26. The fourth-order valence-corrected chi connectivity index (χ4v) is 1.82. The maximum absolute atomic E-state index is 2.35. The second kappa shape index (κ2) is 6.56. The second-order valence-corrected chi connectivity index (χ2v) is 3.77. The van der Waals surface area contributed by atoms with Gasteiger partial charge in [-0.1, -0.05) is 26.0 Å². The number of allylic oxidation sites excluding steroid dienone is 8. The van der Waals surface area contributed by atoms with Gasteiger partial charge in [0.15, 0.2) is 0 Å². The normalized spacial score (nSPS) is 18.0. The molecule has 0 N–H and O–H groups in total. The van der Waals surface area contributed by atoms with E-state index in [0.717, 1.165) is 12.8 Å². The molecule has 0 nitrogen and oxygen atoms in total. The largest absolute Gasteiger partial charge is 2.00 e. The van der Waals surface area contributed by atoms with Crippen molar-refractivity contribution in [1.82, 2.24) is 0 Å². The van der Waals surface area contributed by atoms with E-state index in [9.17, 15) is 0 Å². The first-order valence-electron chi connectivity index (χ1n) is 4.84. The first kappa shape index (κ1) is 15.0. The van der Waals surface area contributed by atoms with Gasteiger partial charge in [0.25, 0.3) is 0 Å².